The van der Waals surface area contributed by atoms with Crippen LogP contribution in [0.3, 0.4) is 0 Å². The van der Waals surface area contributed by atoms with Crippen molar-refractivity contribution >= 4 is 44.7 Å². The van der Waals surface area contributed by atoms with Gasteiger partial charge in [0.25, 0.3) is 5.91 Å². The van der Waals surface area contributed by atoms with Crippen molar-refractivity contribution in [2.75, 3.05) is 10.6 Å². The Kier molecular flexibility index (Phi) is 4.82. The highest BCUT2D eigenvalue weighted by molar-refractivity contribution is 7.20. The monoisotopic (exact) mass is 430 g/mol. The molecule has 1 fully saturated rings. The van der Waals surface area contributed by atoms with Crippen LogP contribution < -0.4 is 10.6 Å². The van der Waals surface area contributed by atoms with E-state index in [1.54, 1.807) is 0 Å². The Morgan fingerprint density at radius 1 is 1.03 bits per heavy atom. The largest absolute Gasteiger partial charge is 0.326 e. The zero-order valence-electron chi connectivity index (χ0n) is 17.3. The molecule has 0 spiro atoms. The van der Waals surface area contributed by atoms with Crippen molar-refractivity contribution in [3.05, 3.63) is 70.7 Å². The Morgan fingerprint density at radius 3 is 2.55 bits per heavy atom. The van der Waals surface area contributed by atoms with Gasteiger partial charge in [0.1, 0.15) is 4.83 Å². The van der Waals surface area contributed by atoms with Gasteiger partial charge in [0.15, 0.2) is 0 Å². The minimum atomic E-state index is -0.172. The number of carbonyl (C=O) groups is 2. The molecule has 0 saturated heterocycles. The first-order valence-corrected chi connectivity index (χ1v) is 11.1. The van der Waals surface area contributed by atoms with Gasteiger partial charge in [-0.25, -0.2) is 4.68 Å². The number of nitrogens with zero attached hydrogens (tertiary/aromatic N) is 2. The second kappa shape index (κ2) is 7.67. The van der Waals surface area contributed by atoms with E-state index in [0.717, 1.165) is 40.0 Å². The van der Waals surface area contributed by atoms with Gasteiger partial charge in [-0.1, -0.05) is 24.3 Å². The van der Waals surface area contributed by atoms with Crippen LogP contribution in [0.2, 0.25) is 0 Å². The molecule has 2 aromatic heterocycles. The maximum atomic E-state index is 13.0. The molecule has 7 heteroatoms. The molecule has 0 radical (unpaired) electrons. The summed E-state index contributed by atoms with van der Waals surface area (Å²) < 4.78 is 1.88. The van der Waals surface area contributed by atoms with Gasteiger partial charge in [0.2, 0.25) is 5.91 Å². The van der Waals surface area contributed by atoms with Gasteiger partial charge < -0.3 is 10.6 Å². The quantitative estimate of drug-likeness (QED) is 0.451. The molecule has 2 heterocycles. The van der Waals surface area contributed by atoms with E-state index in [0.29, 0.717) is 16.3 Å². The predicted molar refractivity (Wildman–Crippen MR) is 124 cm³/mol. The van der Waals surface area contributed by atoms with E-state index in [-0.39, 0.29) is 17.7 Å². The van der Waals surface area contributed by atoms with Crippen molar-refractivity contribution in [1.29, 1.82) is 0 Å². The van der Waals surface area contributed by atoms with Crippen molar-refractivity contribution in [2.45, 2.75) is 26.7 Å². The summed E-state index contributed by atoms with van der Waals surface area (Å²) in [6, 6.07) is 17.4. The fourth-order valence-electron chi connectivity index (χ4n) is 3.51. The van der Waals surface area contributed by atoms with Crippen molar-refractivity contribution in [3.8, 4) is 5.69 Å². The number of aryl methyl sites for hydroxylation is 2. The lowest BCUT2D eigenvalue weighted by atomic mass is 10.1. The predicted octanol–water partition coefficient (Wildman–Crippen LogP) is 5.30. The number of amides is 2. The van der Waals surface area contributed by atoms with Crippen LogP contribution in [0.15, 0.2) is 54.6 Å². The summed E-state index contributed by atoms with van der Waals surface area (Å²) in [4.78, 5) is 26.6. The molecule has 156 valence electrons. The lowest BCUT2D eigenvalue weighted by Gasteiger charge is -2.11. The molecule has 1 aliphatic rings. The molecule has 2 aromatic carbocycles. The van der Waals surface area contributed by atoms with E-state index in [1.807, 2.05) is 73.1 Å². The van der Waals surface area contributed by atoms with E-state index >= 15 is 0 Å². The van der Waals surface area contributed by atoms with Gasteiger partial charge in [-0.3, -0.25) is 9.59 Å². The Bertz CT molecular complexity index is 1300. The number of hydrogen-bond acceptors (Lipinski definition) is 4. The van der Waals surface area contributed by atoms with Crippen LogP contribution in [-0.2, 0) is 4.79 Å². The molecule has 0 atom stereocenters. The van der Waals surface area contributed by atoms with Crippen LogP contribution >= 0.6 is 11.3 Å². The summed E-state index contributed by atoms with van der Waals surface area (Å²) >= 11 is 1.42. The molecule has 4 aromatic rings. The smallest absolute Gasteiger partial charge is 0.265 e. The number of rotatable bonds is 5. The lowest BCUT2D eigenvalue weighted by Crippen LogP contribution is -2.15. The number of benzene rings is 2. The molecule has 0 unspecified atom stereocenters. The summed E-state index contributed by atoms with van der Waals surface area (Å²) in [7, 11) is 0. The van der Waals surface area contributed by atoms with Crippen molar-refractivity contribution in [2.24, 2.45) is 5.92 Å². The average Bonchev–Trinajstić information content (AvgIpc) is 3.45. The number of para-hydroxylation sites is 1. The van der Waals surface area contributed by atoms with E-state index in [9.17, 15) is 9.59 Å². The number of nitrogens with one attached hydrogen (secondary N) is 2. The summed E-state index contributed by atoms with van der Waals surface area (Å²) in [6.45, 7) is 3.89. The van der Waals surface area contributed by atoms with Crippen molar-refractivity contribution in [1.82, 2.24) is 9.78 Å². The molecule has 2 N–H and O–H groups in total. The Labute approximate surface area is 183 Å². The van der Waals surface area contributed by atoms with Gasteiger partial charge in [-0.05, 0) is 62.6 Å². The minimum absolute atomic E-state index is 0.0478. The Balaban J connectivity index is 1.41. The molecular formula is C24H22N4O2S. The van der Waals surface area contributed by atoms with Gasteiger partial charge in [-0.15, -0.1) is 11.3 Å². The second-order valence-electron chi connectivity index (χ2n) is 7.91. The van der Waals surface area contributed by atoms with Crippen LogP contribution in [0, 0.1) is 19.8 Å². The van der Waals surface area contributed by atoms with E-state index in [2.05, 4.69) is 15.7 Å². The number of fused-ring (bicyclic) bond motifs is 1. The number of hydrogen-bond donors (Lipinski definition) is 2. The normalized spacial score (nSPS) is 13.4. The molecule has 0 bridgehead atoms. The molecular weight excluding hydrogens is 408 g/mol. The van der Waals surface area contributed by atoms with Crippen molar-refractivity contribution < 1.29 is 9.59 Å². The van der Waals surface area contributed by atoms with Crippen LogP contribution in [0.1, 0.15) is 33.8 Å². The first kappa shape index (κ1) is 19.5. The standard InChI is InChI=1S/C24H22N4O2S/c1-14-8-11-17(25-22(29)16-9-10-16)12-20(14)26-23(30)21-13-19-15(2)27-28(24(19)31-21)18-6-4-3-5-7-18/h3-8,11-13,16H,9-10H2,1-2H3,(H,25,29)(H,26,30). The number of thiophene rings is 1. The molecule has 1 aliphatic carbocycles. The highest BCUT2D eigenvalue weighted by Crippen LogP contribution is 2.32. The van der Waals surface area contributed by atoms with Crippen LogP contribution in [0.4, 0.5) is 11.4 Å². The molecule has 1 saturated carbocycles. The highest BCUT2D eigenvalue weighted by Gasteiger charge is 2.29. The van der Waals surface area contributed by atoms with E-state index < -0.39 is 0 Å². The zero-order chi connectivity index (χ0) is 21.5. The van der Waals surface area contributed by atoms with Crippen LogP contribution in [0.25, 0.3) is 15.9 Å². The van der Waals surface area contributed by atoms with Crippen LogP contribution in [0.5, 0.6) is 0 Å². The van der Waals surface area contributed by atoms with Gasteiger partial charge in [-0.2, -0.15) is 5.10 Å². The molecule has 6 nitrogen and oxygen atoms in total. The summed E-state index contributed by atoms with van der Waals surface area (Å²) in [5, 5.41) is 11.5. The Hall–Kier alpha value is -3.45. The van der Waals surface area contributed by atoms with Gasteiger partial charge in [0, 0.05) is 22.7 Å². The topological polar surface area (TPSA) is 76.0 Å². The number of aromatic nitrogens is 2. The highest BCUT2D eigenvalue weighted by atomic mass is 32.1. The maximum Gasteiger partial charge on any atom is 0.265 e. The van der Waals surface area contributed by atoms with Crippen molar-refractivity contribution in [3.63, 3.8) is 0 Å². The maximum absolute atomic E-state index is 13.0. The second-order valence-corrected chi connectivity index (χ2v) is 8.94. The third-order valence-corrected chi connectivity index (χ3v) is 6.58. The zero-order valence-corrected chi connectivity index (χ0v) is 18.1. The number of carbonyl (C=O) groups excluding carboxylic acids is 2. The lowest BCUT2D eigenvalue weighted by molar-refractivity contribution is -0.117. The Morgan fingerprint density at radius 2 is 1.81 bits per heavy atom. The van der Waals surface area contributed by atoms with E-state index in [1.165, 1.54) is 11.3 Å². The fourth-order valence-corrected chi connectivity index (χ4v) is 4.59. The van der Waals surface area contributed by atoms with E-state index in [4.69, 9.17) is 0 Å². The average molecular weight is 431 g/mol. The molecule has 2 amide bonds. The summed E-state index contributed by atoms with van der Waals surface area (Å²) in [5.41, 5.74) is 4.17. The fraction of sp³-hybridized carbons (Fsp3) is 0.208. The molecule has 5 rings (SSSR count). The first-order valence-electron chi connectivity index (χ1n) is 10.3. The summed E-state index contributed by atoms with van der Waals surface area (Å²) in [6.07, 6.45) is 1.90. The molecule has 31 heavy (non-hydrogen) atoms. The first-order chi connectivity index (χ1) is 15.0. The summed E-state index contributed by atoms with van der Waals surface area (Å²) in [5.74, 6) is 0.00544. The van der Waals surface area contributed by atoms with Crippen LogP contribution in [-0.4, -0.2) is 21.6 Å². The third-order valence-electron chi connectivity index (χ3n) is 5.47. The third kappa shape index (κ3) is 3.84. The minimum Gasteiger partial charge on any atom is -0.326 e. The molecule has 0 aliphatic heterocycles. The number of anilines is 2. The van der Waals surface area contributed by atoms with Gasteiger partial charge >= 0.3 is 0 Å². The van der Waals surface area contributed by atoms with Gasteiger partial charge in [0.05, 0.1) is 16.3 Å². The SMILES string of the molecule is Cc1ccc(NC(=O)C2CC2)cc1NC(=O)c1cc2c(C)nn(-c3ccccc3)c2s1.